The normalized spacial score (nSPS) is 17.6. The van der Waals surface area contributed by atoms with Crippen molar-refractivity contribution in [3.05, 3.63) is 47.3 Å². The lowest BCUT2D eigenvalue weighted by Crippen LogP contribution is -2.27. The zero-order valence-corrected chi connectivity index (χ0v) is 12.1. The van der Waals surface area contributed by atoms with Crippen LogP contribution in [0.3, 0.4) is 0 Å². The SMILES string of the molecule is CCn1nc(C)cc1CNC1CCOc2ccccc21. The average Bonchev–Trinajstić information content (AvgIpc) is 2.85. The van der Waals surface area contributed by atoms with Crippen LogP contribution in [-0.2, 0) is 13.1 Å². The molecule has 106 valence electrons. The van der Waals surface area contributed by atoms with Crippen LogP contribution in [0.15, 0.2) is 30.3 Å². The Bertz CT molecular complexity index is 591. The Morgan fingerprint density at radius 2 is 2.25 bits per heavy atom. The van der Waals surface area contributed by atoms with Crippen LogP contribution < -0.4 is 10.1 Å². The first-order valence-electron chi connectivity index (χ1n) is 7.26. The van der Waals surface area contributed by atoms with Crippen molar-refractivity contribution in [3.8, 4) is 5.75 Å². The van der Waals surface area contributed by atoms with E-state index in [1.54, 1.807) is 0 Å². The van der Waals surface area contributed by atoms with Crippen LogP contribution >= 0.6 is 0 Å². The summed E-state index contributed by atoms with van der Waals surface area (Å²) in [5.41, 5.74) is 3.59. The van der Waals surface area contributed by atoms with Gasteiger partial charge >= 0.3 is 0 Å². The molecule has 20 heavy (non-hydrogen) atoms. The van der Waals surface area contributed by atoms with Crippen LogP contribution in [0.5, 0.6) is 5.75 Å². The molecule has 0 spiro atoms. The van der Waals surface area contributed by atoms with Crippen LogP contribution in [0.4, 0.5) is 0 Å². The molecule has 3 rings (SSSR count). The Kier molecular flexibility index (Phi) is 3.74. The number of nitrogens with zero attached hydrogens (tertiary/aromatic N) is 2. The molecule has 2 aromatic rings. The van der Waals surface area contributed by atoms with Crippen LogP contribution in [0.25, 0.3) is 0 Å². The minimum atomic E-state index is 0.362. The van der Waals surface area contributed by atoms with Gasteiger partial charge in [-0.2, -0.15) is 5.10 Å². The predicted octanol–water partition coefficient (Wildman–Crippen LogP) is 2.82. The summed E-state index contributed by atoms with van der Waals surface area (Å²) in [4.78, 5) is 0. The lowest BCUT2D eigenvalue weighted by Gasteiger charge is -2.26. The van der Waals surface area contributed by atoms with Crippen molar-refractivity contribution < 1.29 is 4.74 Å². The van der Waals surface area contributed by atoms with Crippen molar-refractivity contribution in [1.82, 2.24) is 15.1 Å². The Hall–Kier alpha value is -1.81. The molecule has 4 heteroatoms. The number of nitrogens with one attached hydrogen (secondary N) is 1. The molecule has 4 nitrogen and oxygen atoms in total. The lowest BCUT2D eigenvalue weighted by molar-refractivity contribution is 0.251. The van der Waals surface area contributed by atoms with E-state index in [9.17, 15) is 0 Å². The summed E-state index contributed by atoms with van der Waals surface area (Å²) in [5.74, 6) is 1.01. The van der Waals surface area contributed by atoms with Gasteiger partial charge in [-0.15, -0.1) is 0 Å². The summed E-state index contributed by atoms with van der Waals surface area (Å²) >= 11 is 0. The molecule has 1 aliphatic heterocycles. The number of aromatic nitrogens is 2. The van der Waals surface area contributed by atoms with Gasteiger partial charge < -0.3 is 10.1 Å². The number of aryl methyl sites for hydroxylation is 2. The highest BCUT2D eigenvalue weighted by Gasteiger charge is 2.20. The van der Waals surface area contributed by atoms with Gasteiger partial charge in [0, 0.05) is 31.1 Å². The average molecular weight is 271 g/mol. The maximum absolute atomic E-state index is 5.70. The molecule has 1 aliphatic rings. The van der Waals surface area contributed by atoms with Gasteiger partial charge in [-0.3, -0.25) is 4.68 Å². The van der Waals surface area contributed by atoms with Crippen molar-refractivity contribution in [3.63, 3.8) is 0 Å². The monoisotopic (exact) mass is 271 g/mol. The van der Waals surface area contributed by atoms with Crippen molar-refractivity contribution >= 4 is 0 Å². The largest absolute Gasteiger partial charge is 0.493 e. The molecule has 1 aromatic heterocycles. The van der Waals surface area contributed by atoms with Crippen molar-refractivity contribution in [2.24, 2.45) is 0 Å². The molecule has 2 heterocycles. The second-order valence-electron chi connectivity index (χ2n) is 5.20. The van der Waals surface area contributed by atoms with Gasteiger partial charge in [0.2, 0.25) is 0 Å². The first-order valence-corrected chi connectivity index (χ1v) is 7.26. The standard InChI is InChI=1S/C16H21N3O/c1-3-19-13(10-12(2)18-19)11-17-15-8-9-20-16-7-5-4-6-14(15)16/h4-7,10,15,17H,3,8-9,11H2,1-2H3. The molecule has 0 aliphatic carbocycles. The molecule has 0 fully saturated rings. The molecular formula is C16H21N3O. The van der Waals surface area contributed by atoms with Crippen LogP contribution in [0, 0.1) is 6.92 Å². The Morgan fingerprint density at radius 1 is 1.40 bits per heavy atom. The third kappa shape index (κ3) is 2.56. The minimum Gasteiger partial charge on any atom is -0.493 e. The summed E-state index contributed by atoms with van der Waals surface area (Å²) in [7, 11) is 0. The van der Waals surface area contributed by atoms with Crippen molar-refractivity contribution in [1.29, 1.82) is 0 Å². The molecule has 0 saturated carbocycles. The van der Waals surface area contributed by atoms with Gasteiger partial charge in [0.1, 0.15) is 5.75 Å². The molecule has 0 amide bonds. The molecule has 1 unspecified atom stereocenters. The Morgan fingerprint density at radius 3 is 3.10 bits per heavy atom. The summed E-state index contributed by atoms with van der Waals surface area (Å²) in [5, 5.41) is 8.13. The molecule has 0 radical (unpaired) electrons. The van der Waals surface area contributed by atoms with E-state index in [2.05, 4.69) is 40.2 Å². The van der Waals surface area contributed by atoms with Crippen LogP contribution in [0.2, 0.25) is 0 Å². The van der Waals surface area contributed by atoms with E-state index in [4.69, 9.17) is 4.74 Å². The number of hydrogen-bond donors (Lipinski definition) is 1. The number of hydrogen-bond acceptors (Lipinski definition) is 3. The third-order valence-electron chi connectivity index (χ3n) is 3.77. The van der Waals surface area contributed by atoms with E-state index in [1.165, 1.54) is 11.3 Å². The fraction of sp³-hybridized carbons (Fsp3) is 0.438. The van der Waals surface area contributed by atoms with Crippen molar-refractivity contribution in [2.75, 3.05) is 6.61 Å². The smallest absolute Gasteiger partial charge is 0.124 e. The molecular weight excluding hydrogens is 250 g/mol. The topological polar surface area (TPSA) is 39.1 Å². The second kappa shape index (κ2) is 5.67. The molecule has 1 N–H and O–H groups in total. The first-order chi connectivity index (χ1) is 9.78. The van der Waals surface area contributed by atoms with E-state index in [1.807, 2.05) is 19.1 Å². The maximum atomic E-state index is 5.70. The minimum absolute atomic E-state index is 0.362. The highest BCUT2D eigenvalue weighted by atomic mass is 16.5. The summed E-state index contributed by atoms with van der Waals surface area (Å²) in [6, 6.07) is 10.8. The Balaban J connectivity index is 1.73. The van der Waals surface area contributed by atoms with Crippen LogP contribution in [-0.4, -0.2) is 16.4 Å². The lowest BCUT2D eigenvalue weighted by atomic mass is 10.0. The number of benzene rings is 1. The molecule has 1 aromatic carbocycles. The van der Waals surface area contributed by atoms with E-state index in [0.29, 0.717) is 6.04 Å². The predicted molar refractivity (Wildman–Crippen MR) is 78.8 cm³/mol. The maximum Gasteiger partial charge on any atom is 0.124 e. The fourth-order valence-corrected chi connectivity index (χ4v) is 2.80. The van der Waals surface area contributed by atoms with E-state index < -0.39 is 0 Å². The van der Waals surface area contributed by atoms with E-state index >= 15 is 0 Å². The highest BCUT2D eigenvalue weighted by molar-refractivity contribution is 5.37. The zero-order valence-electron chi connectivity index (χ0n) is 12.1. The first kappa shape index (κ1) is 13.2. The number of para-hydroxylation sites is 1. The van der Waals surface area contributed by atoms with Gasteiger partial charge in [0.05, 0.1) is 18.0 Å². The van der Waals surface area contributed by atoms with Gasteiger partial charge in [-0.05, 0) is 26.0 Å². The summed E-state index contributed by atoms with van der Waals surface area (Å²) in [6.45, 7) is 6.70. The fourth-order valence-electron chi connectivity index (χ4n) is 2.80. The van der Waals surface area contributed by atoms with Gasteiger partial charge in [-0.25, -0.2) is 0 Å². The zero-order chi connectivity index (χ0) is 13.9. The molecule has 1 atom stereocenters. The quantitative estimate of drug-likeness (QED) is 0.929. The van der Waals surface area contributed by atoms with Gasteiger partial charge in [0.25, 0.3) is 0 Å². The number of fused-ring (bicyclic) bond motifs is 1. The van der Waals surface area contributed by atoms with E-state index in [-0.39, 0.29) is 0 Å². The van der Waals surface area contributed by atoms with E-state index in [0.717, 1.165) is 37.6 Å². The number of rotatable bonds is 4. The Labute approximate surface area is 119 Å². The summed E-state index contributed by atoms with van der Waals surface area (Å²) < 4.78 is 7.76. The van der Waals surface area contributed by atoms with Gasteiger partial charge in [-0.1, -0.05) is 18.2 Å². The second-order valence-corrected chi connectivity index (χ2v) is 5.20. The highest BCUT2D eigenvalue weighted by Crippen LogP contribution is 2.31. The molecule has 0 bridgehead atoms. The van der Waals surface area contributed by atoms with Crippen LogP contribution in [0.1, 0.15) is 36.3 Å². The summed E-state index contributed by atoms with van der Waals surface area (Å²) in [6.07, 6.45) is 1.01. The van der Waals surface area contributed by atoms with Gasteiger partial charge in [0.15, 0.2) is 0 Å². The molecule has 0 saturated heterocycles. The number of ether oxygens (including phenoxy) is 1. The van der Waals surface area contributed by atoms with Crippen molar-refractivity contribution in [2.45, 2.75) is 39.4 Å². The third-order valence-corrected chi connectivity index (χ3v) is 3.77.